The fourth-order valence-electron chi connectivity index (χ4n) is 2.15. The van der Waals surface area contributed by atoms with Crippen molar-refractivity contribution >= 4 is 16.9 Å². The Labute approximate surface area is 112 Å². The van der Waals surface area contributed by atoms with E-state index in [0.29, 0.717) is 12.2 Å². The summed E-state index contributed by atoms with van der Waals surface area (Å²) in [4.78, 5) is 14.1. The number of carbonyl (C=O) groups is 1. The summed E-state index contributed by atoms with van der Waals surface area (Å²) in [6, 6.07) is 7.63. The highest BCUT2D eigenvalue weighted by atomic mass is 16.5. The van der Waals surface area contributed by atoms with E-state index in [-0.39, 0.29) is 12.1 Å². The van der Waals surface area contributed by atoms with Gasteiger partial charge < -0.3 is 9.64 Å². The van der Waals surface area contributed by atoms with Crippen molar-refractivity contribution in [3.05, 3.63) is 30.0 Å². The monoisotopic (exact) mass is 261 g/mol. The van der Waals surface area contributed by atoms with Crippen LogP contribution < -0.4 is 0 Å². The fourth-order valence-corrected chi connectivity index (χ4v) is 2.15. The maximum atomic E-state index is 12.1. The Kier molecular flexibility index (Phi) is 3.85. The van der Waals surface area contributed by atoms with Gasteiger partial charge in [0.15, 0.2) is 5.69 Å². The number of para-hydroxylation sites is 1. The first-order chi connectivity index (χ1) is 8.99. The number of nitrogens with zero attached hydrogens (tertiary/aromatic N) is 3. The van der Waals surface area contributed by atoms with E-state index in [0.717, 1.165) is 10.9 Å². The predicted molar refractivity (Wildman–Crippen MR) is 74.1 cm³/mol. The van der Waals surface area contributed by atoms with Gasteiger partial charge in [-0.2, -0.15) is 5.10 Å². The SMILES string of the molecule is CC(CN(C)C)OC(=O)c1nn(C)c2ccccc12. The van der Waals surface area contributed by atoms with Crippen molar-refractivity contribution in [2.75, 3.05) is 20.6 Å². The Morgan fingerprint density at radius 2 is 2.11 bits per heavy atom. The zero-order valence-electron chi connectivity index (χ0n) is 11.8. The van der Waals surface area contributed by atoms with Crippen LogP contribution in [0.1, 0.15) is 17.4 Å². The van der Waals surface area contributed by atoms with E-state index in [2.05, 4.69) is 5.10 Å². The number of aromatic nitrogens is 2. The molecule has 0 radical (unpaired) electrons. The minimum absolute atomic E-state index is 0.164. The zero-order valence-corrected chi connectivity index (χ0v) is 11.8. The molecule has 5 heteroatoms. The second-order valence-corrected chi connectivity index (χ2v) is 4.97. The summed E-state index contributed by atoms with van der Waals surface area (Å²) >= 11 is 0. The van der Waals surface area contributed by atoms with Crippen LogP contribution in [-0.2, 0) is 11.8 Å². The smallest absolute Gasteiger partial charge is 0.359 e. The van der Waals surface area contributed by atoms with E-state index >= 15 is 0 Å². The molecule has 5 nitrogen and oxygen atoms in total. The molecule has 1 aromatic heterocycles. The molecule has 0 saturated heterocycles. The van der Waals surface area contributed by atoms with Crippen molar-refractivity contribution in [1.29, 1.82) is 0 Å². The van der Waals surface area contributed by atoms with Crippen molar-refractivity contribution in [3.8, 4) is 0 Å². The lowest BCUT2D eigenvalue weighted by Gasteiger charge is -2.16. The second-order valence-electron chi connectivity index (χ2n) is 4.97. The molecule has 0 fully saturated rings. The Morgan fingerprint density at radius 3 is 2.79 bits per heavy atom. The molecule has 1 aromatic carbocycles. The van der Waals surface area contributed by atoms with Gasteiger partial charge in [-0.3, -0.25) is 4.68 Å². The number of carbonyl (C=O) groups excluding carboxylic acids is 1. The molecule has 0 aliphatic rings. The first kappa shape index (κ1) is 13.5. The number of ether oxygens (including phenoxy) is 1. The summed E-state index contributed by atoms with van der Waals surface area (Å²) in [6.45, 7) is 2.57. The number of esters is 1. The first-order valence-electron chi connectivity index (χ1n) is 6.26. The topological polar surface area (TPSA) is 47.4 Å². The molecule has 2 aromatic rings. The van der Waals surface area contributed by atoms with E-state index in [9.17, 15) is 4.79 Å². The summed E-state index contributed by atoms with van der Waals surface area (Å²) in [5, 5.41) is 5.08. The number of rotatable bonds is 4. The molecule has 0 aliphatic heterocycles. The van der Waals surface area contributed by atoms with E-state index < -0.39 is 0 Å². The molecule has 1 unspecified atom stereocenters. The molecule has 0 aliphatic carbocycles. The van der Waals surface area contributed by atoms with E-state index in [1.165, 1.54) is 0 Å². The molecule has 0 N–H and O–H groups in total. The molecule has 102 valence electrons. The second kappa shape index (κ2) is 5.40. The Hall–Kier alpha value is -1.88. The average Bonchev–Trinajstić information content (AvgIpc) is 2.66. The summed E-state index contributed by atoms with van der Waals surface area (Å²) in [5.41, 5.74) is 1.30. The van der Waals surface area contributed by atoms with Crippen LogP contribution in [-0.4, -0.2) is 47.4 Å². The van der Waals surface area contributed by atoms with Gasteiger partial charge in [-0.1, -0.05) is 18.2 Å². The minimum Gasteiger partial charge on any atom is -0.457 e. The van der Waals surface area contributed by atoms with Crippen LogP contribution in [0.25, 0.3) is 10.9 Å². The van der Waals surface area contributed by atoms with Crippen LogP contribution >= 0.6 is 0 Å². The molecule has 2 rings (SSSR count). The highest BCUT2D eigenvalue weighted by molar-refractivity contribution is 6.02. The molecule has 0 bridgehead atoms. The third kappa shape index (κ3) is 2.93. The van der Waals surface area contributed by atoms with Crippen LogP contribution in [0.4, 0.5) is 0 Å². The number of hydrogen-bond acceptors (Lipinski definition) is 4. The number of hydrogen-bond donors (Lipinski definition) is 0. The van der Waals surface area contributed by atoms with Gasteiger partial charge in [0, 0.05) is 19.0 Å². The normalized spacial score (nSPS) is 12.9. The first-order valence-corrected chi connectivity index (χ1v) is 6.26. The van der Waals surface area contributed by atoms with Crippen molar-refractivity contribution < 1.29 is 9.53 Å². The highest BCUT2D eigenvalue weighted by Gasteiger charge is 2.19. The average molecular weight is 261 g/mol. The molecular formula is C14H19N3O2. The van der Waals surface area contributed by atoms with Crippen molar-refractivity contribution in [2.45, 2.75) is 13.0 Å². The third-order valence-corrected chi connectivity index (χ3v) is 2.88. The molecule has 1 heterocycles. The lowest BCUT2D eigenvalue weighted by molar-refractivity contribution is 0.0283. The number of fused-ring (bicyclic) bond motifs is 1. The van der Waals surface area contributed by atoms with Gasteiger partial charge in [0.2, 0.25) is 0 Å². The summed E-state index contributed by atoms with van der Waals surface area (Å²) in [7, 11) is 5.71. The highest BCUT2D eigenvalue weighted by Crippen LogP contribution is 2.18. The maximum absolute atomic E-state index is 12.1. The Morgan fingerprint density at radius 1 is 1.42 bits per heavy atom. The fraction of sp³-hybridized carbons (Fsp3) is 0.429. The molecule has 19 heavy (non-hydrogen) atoms. The van der Waals surface area contributed by atoms with Gasteiger partial charge in [-0.15, -0.1) is 0 Å². The maximum Gasteiger partial charge on any atom is 0.359 e. The molecule has 0 saturated carbocycles. The number of aryl methyl sites for hydroxylation is 1. The van der Waals surface area contributed by atoms with Gasteiger partial charge in [0.1, 0.15) is 6.10 Å². The minimum atomic E-state index is -0.369. The number of likely N-dealkylation sites (N-methyl/N-ethyl adjacent to an activating group) is 1. The van der Waals surface area contributed by atoms with Crippen LogP contribution in [0.2, 0.25) is 0 Å². The zero-order chi connectivity index (χ0) is 14.0. The predicted octanol–water partition coefficient (Wildman–Crippen LogP) is 1.68. The molecule has 0 spiro atoms. The Balaban J connectivity index is 2.22. The molecular weight excluding hydrogens is 242 g/mol. The summed E-state index contributed by atoms with van der Waals surface area (Å²) in [6.07, 6.45) is -0.164. The van der Waals surface area contributed by atoms with Crippen LogP contribution in [0.3, 0.4) is 0 Å². The largest absolute Gasteiger partial charge is 0.457 e. The van der Waals surface area contributed by atoms with Gasteiger partial charge in [-0.05, 0) is 27.1 Å². The molecule has 0 amide bonds. The summed E-state index contributed by atoms with van der Waals surface area (Å²) < 4.78 is 7.11. The van der Waals surface area contributed by atoms with Crippen LogP contribution in [0.15, 0.2) is 24.3 Å². The van der Waals surface area contributed by atoms with E-state index in [1.54, 1.807) is 4.68 Å². The van der Waals surface area contributed by atoms with E-state index in [1.807, 2.05) is 57.2 Å². The van der Waals surface area contributed by atoms with Crippen molar-refractivity contribution in [2.24, 2.45) is 7.05 Å². The van der Waals surface area contributed by atoms with Gasteiger partial charge in [0.05, 0.1) is 5.52 Å². The van der Waals surface area contributed by atoms with Gasteiger partial charge in [-0.25, -0.2) is 4.79 Å². The van der Waals surface area contributed by atoms with Crippen LogP contribution in [0, 0.1) is 0 Å². The van der Waals surface area contributed by atoms with Gasteiger partial charge in [0.25, 0.3) is 0 Å². The van der Waals surface area contributed by atoms with E-state index in [4.69, 9.17) is 4.74 Å². The lowest BCUT2D eigenvalue weighted by atomic mass is 10.2. The summed E-state index contributed by atoms with van der Waals surface area (Å²) in [5.74, 6) is -0.369. The van der Waals surface area contributed by atoms with Crippen LogP contribution in [0.5, 0.6) is 0 Å². The molecule has 1 atom stereocenters. The lowest BCUT2D eigenvalue weighted by Crippen LogP contribution is -2.28. The Bertz CT molecular complexity index is 589. The standard InChI is InChI=1S/C14H19N3O2/c1-10(9-16(2)3)19-14(18)13-11-7-5-6-8-12(11)17(4)15-13/h5-8,10H,9H2,1-4H3. The third-order valence-electron chi connectivity index (χ3n) is 2.88. The van der Waals surface area contributed by atoms with Crippen molar-refractivity contribution in [3.63, 3.8) is 0 Å². The number of benzene rings is 1. The quantitative estimate of drug-likeness (QED) is 0.786. The van der Waals surface area contributed by atoms with Gasteiger partial charge >= 0.3 is 5.97 Å². The van der Waals surface area contributed by atoms with Crippen molar-refractivity contribution in [1.82, 2.24) is 14.7 Å².